The van der Waals surface area contributed by atoms with Gasteiger partial charge in [0.1, 0.15) is 11.8 Å². The fourth-order valence-corrected chi connectivity index (χ4v) is 5.20. The van der Waals surface area contributed by atoms with Gasteiger partial charge in [-0.05, 0) is 43.2 Å². The van der Waals surface area contributed by atoms with Gasteiger partial charge < -0.3 is 10.6 Å². The van der Waals surface area contributed by atoms with E-state index in [4.69, 9.17) is 5.73 Å². The Morgan fingerprint density at radius 3 is 2.78 bits per heavy atom. The Balaban J connectivity index is 1.70. The monoisotopic (exact) mass is 334 g/mol. The maximum absolute atomic E-state index is 12.8. The summed E-state index contributed by atoms with van der Waals surface area (Å²) in [4.78, 5) is 25.4. The van der Waals surface area contributed by atoms with E-state index >= 15 is 0 Å². The van der Waals surface area contributed by atoms with Gasteiger partial charge >= 0.3 is 0 Å². The van der Waals surface area contributed by atoms with Crippen LogP contribution in [0.5, 0.6) is 0 Å². The van der Waals surface area contributed by atoms with Gasteiger partial charge in [-0.3, -0.25) is 13.8 Å². The van der Waals surface area contributed by atoms with Gasteiger partial charge in [0.15, 0.2) is 0 Å². The molecular formula is C17H22N2O3S. The molecule has 0 saturated carbocycles. The number of rotatable bonds is 4. The summed E-state index contributed by atoms with van der Waals surface area (Å²) in [6.45, 7) is 0.533. The van der Waals surface area contributed by atoms with E-state index < -0.39 is 22.7 Å². The number of carbonyl (C=O) groups is 2. The van der Waals surface area contributed by atoms with Gasteiger partial charge in [0.25, 0.3) is 0 Å². The number of benzene rings is 1. The van der Waals surface area contributed by atoms with E-state index in [0.29, 0.717) is 13.0 Å². The highest BCUT2D eigenvalue weighted by atomic mass is 32.2. The molecule has 1 fully saturated rings. The minimum Gasteiger partial charge on any atom is -0.368 e. The van der Waals surface area contributed by atoms with Crippen molar-refractivity contribution in [2.45, 2.75) is 43.4 Å². The maximum atomic E-state index is 12.8. The lowest BCUT2D eigenvalue weighted by molar-refractivity contribution is -0.135. The van der Waals surface area contributed by atoms with Gasteiger partial charge in [0, 0.05) is 17.3 Å². The number of aryl methyl sites for hydroxylation is 1. The summed E-state index contributed by atoms with van der Waals surface area (Å²) in [5.41, 5.74) is 7.70. The van der Waals surface area contributed by atoms with E-state index in [-0.39, 0.29) is 16.9 Å². The zero-order chi connectivity index (χ0) is 16.4. The largest absolute Gasteiger partial charge is 0.368 e. The molecule has 1 aromatic carbocycles. The molecule has 23 heavy (non-hydrogen) atoms. The van der Waals surface area contributed by atoms with E-state index in [1.54, 1.807) is 0 Å². The van der Waals surface area contributed by atoms with E-state index in [1.165, 1.54) is 10.5 Å². The van der Waals surface area contributed by atoms with Crippen LogP contribution in [0.1, 0.15) is 42.1 Å². The minimum absolute atomic E-state index is 0.0250. The SMILES string of the molecule is NC(=O)C1CCCN1C(=O)CS(=O)C1CCCc2ccccc21. The number of hydrogen-bond donors (Lipinski definition) is 1. The second kappa shape index (κ2) is 6.83. The Labute approximate surface area is 138 Å². The van der Waals surface area contributed by atoms with Crippen LogP contribution >= 0.6 is 0 Å². The summed E-state index contributed by atoms with van der Waals surface area (Å²) in [7, 11) is -1.27. The van der Waals surface area contributed by atoms with Crippen molar-refractivity contribution in [2.75, 3.05) is 12.3 Å². The molecule has 6 heteroatoms. The average Bonchev–Trinajstić information content (AvgIpc) is 3.04. The molecule has 0 radical (unpaired) electrons. The van der Waals surface area contributed by atoms with Crippen LogP contribution in [-0.4, -0.2) is 39.3 Å². The van der Waals surface area contributed by atoms with Crippen LogP contribution in [0, 0.1) is 0 Å². The number of nitrogens with zero attached hydrogens (tertiary/aromatic N) is 1. The van der Waals surface area contributed by atoms with Gasteiger partial charge in [-0.15, -0.1) is 0 Å². The fourth-order valence-electron chi connectivity index (χ4n) is 3.65. The van der Waals surface area contributed by atoms with Crippen LogP contribution in [0.3, 0.4) is 0 Å². The molecule has 2 N–H and O–H groups in total. The standard InChI is InChI=1S/C17H22N2O3S/c18-17(21)14-8-4-10-19(14)16(20)11-23(22)15-9-3-6-12-5-1-2-7-13(12)15/h1-2,5,7,14-15H,3-4,6,8-11H2,(H2,18,21). The van der Waals surface area contributed by atoms with Crippen LogP contribution < -0.4 is 5.73 Å². The zero-order valence-corrected chi connectivity index (χ0v) is 13.9. The Morgan fingerprint density at radius 2 is 2.00 bits per heavy atom. The topological polar surface area (TPSA) is 80.5 Å². The number of fused-ring (bicyclic) bond motifs is 1. The third kappa shape index (κ3) is 3.32. The number of primary amides is 1. The second-order valence-corrected chi connectivity index (χ2v) is 7.87. The molecular weight excluding hydrogens is 312 g/mol. The molecule has 2 aliphatic rings. The van der Waals surface area contributed by atoms with Crippen LogP contribution in [0.15, 0.2) is 24.3 Å². The third-order valence-corrected chi connectivity index (χ3v) is 6.45. The van der Waals surface area contributed by atoms with E-state index in [1.807, 2.05) is 18.2 Å². The fraction of sp³-hybridized carbons (Fsp3) is 0.529. The number of nitrogens with two attached hydrogens (primary N) is 1. The summed E-state index contributed by atoms with van der Waals surface area (Å²) < 4.78 is 12.8. The molecule has 124 valence electrons. The Morgan fingerprint density at radius 1 is 1.22 bits per heavy atom. The first kappa shape index (κ1) is 16.2. The quantitative estimate of drug-likeness (QED) is 0.901. The molecule has 1 saturated heterocycles. The summed E-state index contributed by atoms with van der Waals surface area (Å²) in [6.07, 6.45) is 4.23. The molecule has 3 rings (SSSR count). The molecule has 1 aromatic rings. The first-order chi connectivity index (χ1) is 11.1. The van der Waals surface area contributed by atoms with Crippen molar-refractivity contribution in [3.05, 3.63) is 35.4 Å². The second-order valence-electron chi connectivity index (χ2n) is 6.25. The number of hydrogen-bond acceptors (Lipinski definition) is 3. The molecule has 1 aliphatic heterocycles. The average molecular weight is 334 g/mol. The lowest BCUT2D eigenvalue weighted by atomic mass is 9.91. The Bertz CT molecular complexity index is 646. The minimum atomic E-state index is -1.27. The highest BCUT2D eigenvalue weighted by Gasteiger charge is 2.34. The highest BCUT2D eigenvalue weighted by Crippen LogP contribution is 2.34. The van der Waals surface area contributed by atoms with Gasteiger partial charge in [-0.1, -0.05) is 24.3 Å². The third-order valence-electron chi connectivity index (χ3n) is 4.80. The lowest BCUT2D eigenvalue weighted by Crippen LogP contribution is -2.45. The van der Waals surface area contributed by atoms with Gasteiger partial charge in [0.2, 0.25) is 11.8 Å². The Kier molecular flexibility index (Phi) is 4.80. The molecule has 1 aliphatic carbocycles. The molecule has 2 amide bonds. The first-order valence-electron chi connectivity index (χ1n) is 8.11. The Hall–Kier alpha value is -1.69. The van der Waals surface area contributed by atoms with Gasteiger partial charge in [-0.25, -0.2) is 0 Å². The van der Waals surface area contributed by atoms with Crippen LogP contribution in [0.4, 0.5) is 0 Å². The zero-order valence-electron chi connectivity index (χ0n) is 13.1. The van der Waals surface area contributed by atoms with Crippen LogP contribution in [0.2, 0.25) is 0 Å². The molecule has 0 bridgehead atoms. The summed E-state index contributed by atoms with van der Waals surface area (Å²) >= 11 is 0. The van der Waals surface area contributed by atoms with Crippen molar-refractivity contribution in [1.29, 1.82) is 0 Å². The van der Waals surface area contributed by atoms with E-state index in [2.05, 4.69) is 6.07 Å². The van der Waals surface area contributed by atoms with Gasteiger partial charge in [0.05, 0.1) is 5.25 Å². The molecule has 1 heterocycles. The van der Waals surface area contributed by atoms with E-state index in [9.17, 15) is 13.8 Å². The number of amides is 2. The van der Waals surface area contributed by atoms with E-state index in [0.717, 1.165) is 31.2 Å². The summed E-state index contributed by atoms with van der Waals surface area (Å²) in [5, 5.41) is -0.0847. The van der Waals surface area contributed by atoms with Crippen molar-refractivity contribution in [3.8, 4) is 0 Å². The first-order valence-corrected chi connectivity index (χ1v) is 9.50. The van der Waals surface area contributed by atoms with Crippen molar-refractivity contribution in [1.82, 2.24) is 4.90 Å². The number of carbonyl (C=O) groups excluding carboxylic acids is 2. The van der Waals surface area contributed by atoms with Crippen molar-refractivity contribution in [2.24, 2.45) is 5.73 Å². The van der Waals surface area contributed by atoms with Crippen molar-refractivity contribution >= 4 is 22.6 Å². The smallest absolute Gasteiger partial charge is 0.240 e. The lowest BCUT2D eigenvalue weighted by Gasteiger charge is -2.26. The molecule has 0 aromatic heterocycles. The molecule has 0 spiro atoms. The predicted octanol–water partition coefficient (Wildman–Crippen LogP) is 1.29. The summed E-state index contributed by atoms with van der Waals surface area (Å²) in [6, 6.07) is 7.52. The normalized spacial score (nSPS) is 25.0. The van der Waals surface area contributed by atoms with Crippen LogP contribution in [0.25, 0.3) is 0 Å². The van der Waals surface area contributed by atoms with Crippen molar-refractivity contribution < 1.29 is 13.8 Å². The maximum Gasteiger partial charge on any atom is 0.240 e. The number of likely N-dealkylation sites (tertiary alicyclic amines) is 1. The molecule has 5 nitrogen and oxygen atoms in total. The summed E-state index contributed by atoms with van der Waals surface area (Å²) in [5.74, 6) is -0.708. The highest BCUT2D eigenvalue weighted by molar-refractivity contribution is 7.86. The van der Waals surface area contributed by atoms with Gasteiger partial charge in [-0.2, -0.15) is 0 Å². The van der Waals surface area contributed by atoms with Crippen LogP contribution in [-0.2, 0) is 26.8 Å². The van der Waals surface area contributed by atoms with Crippen molar-refractivity contribution in [3.63, 3.8) is 0 Å². The molecule has 3 atom stereocenters. The molecule has 3 unspecified atom stereocenters. The predicted molar refractivity (Wildman–Crippen MR) is 89.1 cm³/mol.